The molecule has 104 valence electrons. The summed E-state index contributed by atoms with van der Waals surface area (Å²) in [6.07, 6.45) is 6.89. The van der Waals surface area contributed by atoms with Crippen LogP contribution in [0.25, 0.3) is 11.5 Å². The molecule has 20 heavy (non-hydrogen) atoms. The van der Waals surface area contributed by atoms with E-state index in [1.165, 1.54) is 11.3 Å². The first kappa shape index (κ1) is 13.1. The van der Waals surface area contributed by atoms with E-state index >= 15 is 0 Å². The van der Waals surface area contributed by atoms with Crippen LogP contribution in [0.2, 0.25) is 0 Å². The monoisotopic (exact) mass is 289 g/mol. The van der Waals surface area contributed by atoms with Crippen LogP contribution in [-0.2, 0) is 4.79 Å². The molecule has 1 N–H and O–H groups in total. The number of nitrogens with zero attached hydrogens (tertiary/aromatic N) is 2. The summed E-state index contributed by atoms with van der Waals surface area (Å²) in [5.41, 5.74) is 0.787. The molecule has 0 radical (unpaired) electrons. The van der Waals surface area contributed by atoms with Gasteiger partial charge in [-0.3, -0.25) is 4.79 Å². The minimum Gasteiger partial charge on any atom is -0.334 e. The molecule has 1 amide bonds. The molecule has 6 heteroatoms. The van der Waals surface area contributed by atoms with Crippen LogP contribution in [0.5, 0.6) is 0 Å². The van der Waals surface area contributed by atoms with E-state index in [0.717, 1.165) is 29.8 Å². The number of thiophene rings is 1. The summed E-state index contributed by atoms with van der Waals surface area (Å²) >= 11 is 1.47. The third-order valence-electron chi connectivity index (χ3n) is 3.30. The van der Waals surface area contributed by atoms with Crippen LogP contribution in [0.15, 0.2) is 28.1 Å². The van der Waals surface area contributed by atoms with Crippen molar-refractivity contribution in [3.05, 3.63) is 29.4 Å². The van der Waals surface area contributed by atoms with E-state index in [1.54, 1.807) is 6.92 Å². The van der Waals surface area contributed by atoms with E-state index in [0.29, 0.717) is 11.7 Å². The summed E-state index contributed by atoms with van der Waals surface area (Å²) < 4.78 is 5.16. The minimum absolute atomic E-state index is 0.0550. The van der Waals surface area contributed by atoms with Gasteiger partial charge in [0.15, 0.2) is 5.82 Å². The number of carbonyl (C=O) groups is 1. The molecule has 1 aliphatic carbocycles. The average molecular weight is 289 g/mol. The van der Waals surface area contributed by atoms with Crippen molar-refractivity contribution in [2.24, 2.45) is 5.92 Å². The largest absolute Gasteiger partial charge is 0.334 e. The lowest BCUT2D eigenvalue weighted by molar-refractivity contribution is -0.120. The summed E-state index contributed by atoms with van der Waals surface area (Å²) in [6, 6.07) is 1.88. The zero-order chi connectivity index (χ0) is 13.9. The first-order chi connectivity index (χ1) is 9.74. The third-order valence-corrected chi connectivity index (χ3v) is 4.13. The van der Waals surface area contributed by atoms with Crippen LogP contribution in [0, 0.1) is 12.8 Å². The highest BCUT2D eigenvalue weighted by Gasteiger charge is 2.21. The number of nitrogens with one attached hydrogen (secondary N) is 1. The molecule has 2 aromatic heterocycles. The highest BCUT2D eigenvalue weighted by molar-refractivity contribution is 7.15. The Balaban J connectivity index is 1.76. The Morgan fingerprint density at radius 1 is 1.50 bits per heavy atom. The first-order valence-electron chi connectivity index (χ1n) is 6.58. The first-order valence-corrected chi connectivity index (χ1v) is 7.46. The molecule has 3 rings (SSSR count). The predicted octanol–water partition coefficient (Wildman–Crippen LogP) is 3.40. The molecule has 1 atom stereocenters. The number of aryl methyl sites for hydroxylation is 1. The van der Waals surface area contributed by atoms with Crippen molar-refractivity contribution in [2.45, 2.75) is 26.2 Å². The second kappa shape index (κ2) is 5.58. The minimum atomic E-state index is 0.0550. The second-order valence-electron chi connectivity index (χ2n) is 4.78. The molecule has 2 aromatic rings. The van der Waals surface area contributed by atoms with Gasteiger partial charge < -0.3 is 9.84 Å². The van der Waals surface area contributed by atoms with Gasteiger partial charge in [0.25, 0.3) is 5.89 Å². The number of hydrogen-bond donors (Lipinski definition) is 1. The lowest BCUT2D eigenvalue weighted by Crippen LogP contribution is -2.23. The van der Waals surface area contributed by atoms with Crippen molar-refractivity contribution in [3.63, 3.8) is 0 Å². The van der Waals surface area contributed by atoms with E-state index in [1.807, 2.05) is 11.4 Å². The average Bonchev–Trinajstić information content (AvgIpc) is 3.08. The molecule has 2 heterocycles. The van der Waals surface area contributed by atoms with Crippen molar-refractivity contribution < 1.29 is 9.32 Å². The Morgan fingerprint density at radius 2 is 2.40 bits per heavy atom. The molecule has 0 saturated carbocycles. The van der Waals surface area contributed by atoms with E-state index in [2.05, 4.69) is 27.6 Å². The van der Waals surface area contributed by atoms with E-state index in [4.69, 9.17) is 4.52 Å². The lowest BCUT2D eigenvalue weighted by atomic mass is 9.94. The summed E-state index contributed by atoms with van der Waals surface area (Å²) in [6.45, 7) is 1.77. The van der Waals surface area contributed by atoms with Crippen molar-refractivity contribution in [1.29, 1.82) is 0 Å². The highest BCUT2D eigenvalue weighted by atomic mass is 32.1. The van der Waals surface area contributed by atoms with Crippen molar-refractivity contribution in [2.75, 3.05) is 5.32 Å². The Bertz CT molecular complexity index is 644. The van der Waals surface area contributed by atoms with E-state index < -0.39 is 0 Å². The molecular weight excluding hydrogens is 274 g/mol. The van der Waals surface area contributed by atoms with Gasteiger partial charge in [0.2, 0.25) is 5.91 Å². The number of anilines is 1. The number of carbonyl (C=O) groups excluding carboxylic acids is 1. The van der Waals surface area contributed by atoms with Gasteiger partial charge in [-0.15, -0.1) is 11.3 Å². The highest BCUT2D eigenvalue weighted by Crippen LogP contribution is 2.33. The summed E-state index contributed by atoms with van der Waals surface area (Å²) in [4.78, 5) is 16.4. The maximum atomic E-state index is 12.2. The smallest absolute Gasteiger partial charge is 0.260 e. The Kier molecular flexibility index (Phi) is 3.64. The van der Waals surface area contributed by atoms with Crippen LogP contribution in [0.4, 0.5) is 5.00 Å². The van der Waals surface area contributed by atoms with Crippen LogP contribution in [0.1, 0.15) is 25.1 Å². The summed E-state index contributed by atoms with van der Waals surface area (Å²) in [5.74, 6) is 1.15. The van der Waals surface area contributed by atoms with Gasteiger partial charge in [0.05, 0.1) is 5.56 Å². The quantitative estimate of drug-likeness (QED) is 0.879. The molecule has 0 fully saturated rings. The molecule has 0 saturated heterocycles. The van der Waals surface area contributed by atoms with Crippen LogP contribution >= 0.6 is 11.3 Å². The van der Waals surface area contributed by atoms with Crippen LogP contribution in [-0.4, -0.2) is 16.0 Å². The number of rotatable bonds is 3. The van der Waals surface area contributed by atoms with Crippen molar-refractivity contribution in [3.8, 4) is 11.5 Å². The fourth-order valence-electron chi connectivity index (χ4n) is 2.23. The van der Waals surface area contributed by atoms with Gasteiger partial charge in [0.1, 0.15) is 5.00 Å². The SMILES string of the molecule is Cc1noc(-c2ccsc2NC(=O)C2CC=CCC2)n1. The molecule has 1 unspecified atom stereocenters. The van der Waals surface area contributed by atoms with Gasteiger partial charge in [-0.1, -0.05) is 17.3 Å². The molecule has 1 aliphatic rings. The number of aromatic nitrogens is 2. The molecule has 5 nitrogen and oxygen atoms in total. The molecule has 0 aliphatic heterocycles. The van der Waals surface area contributed by atoms with Crippen LogP contribution < -0.4 is 5.32 Å². The third kappa shape index (κ3) is 2.65. The molecule has 0 bridgehead atoms. The van der Waals surface area contributed by atoms with E-state index in [-0.39, 0.29) is 11.8 Å². The van der Waals surface area contributed by atoms with Gasteiger partial charge >= 0.3 is 0 Å². The Labute approximate surface area is 120 Å². The Morgan fingerprint density at radius 3 is 3.10 bits per heavy atom. The maximum Gasteiger partial charge on any atom is 0.260 e. The standard InChI is InChI=1S/C14H15N3O2S/c1-9-15-13(19-17-9)11-7-8-20-14(11)16-12(18)10-5-3-2-4-6-10/h2-3,7-8,10H,4-6H2,1H3,(H,16,18). The number of amides is 1. The normalized spacial score (nSPS) is 18.1. The number of hydrogen-bond acceptors (Lipinski definition) is 5. The van der Waals surface area contributed by atoms with Gasteiger partial charge in [-0.2, -0.15) is 4.98 Å². The fraction of sp³-hybridized carbons (Fsp3) is 0.357. The zero-order valence-electron chi connectivity index (χ0n) is 11.1. The lowest BCUT2D eigenvalue weighted by Gasteiger charge is -2.16. The Hall–Kier alpha value is -1.95. The zero-order valence-corrected chi connectivity index (χ0v) is 11.9. The summed E-state index contributed by atoms with van der Waals surface area (Å²) in [5, 5.41) is 9.44. The fourth-order valence-corrected chi connectivity index (χ4v) is 3.01. The topological polar surface area (TPSA) is 68.0 Å². The number of allylic oxidation sites excluding steroid dienone is 2. The van der Waals surface area contributed by atoms with Gasteiger partial charge in [-0.05, 0) is 37.6 Å². The van der Waals surface area contributed by atoms with Crippen molar-refractivity contribution in [1.82, 2.24) is 10.1 Å². The second-order valence-corrected chi connectivity index (χ2v) is 5.70. The molecule has 0 spiro atoms. The summed E-state index contributed by atoms with van der Waals surface area (Å²) in [7, 11) is 0. The molecule has 0 aromatic carbocycles. The van der Waals surface area contributed by atoms with Gasteiger partial charge in [-0.25, -0.2) is 0 Å². The van der Waals surface area contributed by atoms with E-state index in [9.17, 15) is 4.79 Å². The van der Waals surface area contributed by atoms with Gasteiger partial charge in [0, 0.05) is 5.92 Å². The maximum absolute atomic E-state index is 12.2. The van der Waals surface area contributed by atoms with Crippen LogP contribution in [0.3, 0.4) is 0 Å². The predicted molar refractivity (Wildman–Crippen MR) is 77.5 cm³/mol. The molecular formula is C14H15N3O2S. The van der Waals surface area contributed by atoms with Crippen molar-refractivity contribution >= 4 is 22.2 Å².